The number of hydrogen-bond acceptors (Lipinski definition) is 5. The maximum atomic E-state index is 5.58. The van der Waals surface area contributed by atoms with Crippen LogP contribution in [0.3, 0.4) is 0 Å². The number of nitrogens with one attached hydrogen (secondary N) is 1. The highest BCUT2D eigenvalue weighted by Gasteiger charge is 2.02. The van der Waals surface area contributed by atoms with Crippen LogP contribution < -0.4 is 16.0 Å². The zero-order valence-corrected chi connectivity index (χ0v) is 11.4. The van der Waals surface area contributed by atoms with Gasteiger partial charge in [0, 0.05) is 12.5 Å². The standard InChI is InChI=1S/C15H18N4O/c1-2-13-17-14(19-16)11-15(18-13)20-10-6-9-12-7-4-3-5-8-12/h3-9,11H,2,10,16H2,1H3,(H,17,18,19)/b9-6+. The van der Waals surface area contributed by atoms with E-state index < -0.39 is 0 Å². The highest BCUT2D eigenvalue weighted by Crippen LogP contribution is 2.13. The molecule has 1 aromatic heterocycles. The summed E-state index contributed by atoms with van der Waals surface area (Å²) in [6.07, 6.45) is 4.67. The average molecular weight is 270 g/mol. The third-order valence-corrected chi connectivity index (χ3v) is 2.65. The van der Waals surface area contributed by atoms with Crippen LogP contribution in [-0.2, 0) is 6.42 Å². The molecule has 0 fully saturated rings. The number of aryl methyl sites for hydroxylation is 1. The zero-order chi connectivity index (χ0) is 14.2. The number of hydrazine groups is 1. The molecule has 104 valence electrons. The van der Waals surface area contributed by atoms with Gasteiger partial charge in [-0.1, -0.05) is 43.3 Å². The minimum Gasteiger partial charge on any atom is -0.473 e. The van der Waals surface area contributed by atoms with Crippen LogP contribution in [-0.4, -0.2) is 16.6 Å². The van der Waals surface area contributed by atoms with Crippen LogP contribution in [0.1, 0.15) is 18.3 Å². The number of hydrogen-bond donors (Lipinski definition) is 2. The molecule has 1 heterocycles. The van der Waals surface area contributed by atoms with Gasteiger partial charge in [-0.25, -0.2) is 10.8 Å². The predicted molar refractivity (Wildman–Crippen MR) is 80.2 cm³/mol. The third kappa shape index (κ3) is 4.07. The molecular formula is C15H18N4O. The first-order chi connectivity index (χ1) is 9.81. The average Bonchev–Trinajstić information content (AvgIpc) is 2.52. The summed E-state index contributed by atoms with van der Waals surface area (Å²) in [7, 11) is 0. The Kier molecular flexibility index (Phi) is 5.08. The van der Waals surface area contributed by atoms with Crippen molar-refractivity contribution in [3.63, 3.8) is 0 Å². The second-order valence-electron chi connectivity index (χ2n) is 4.13. The molecule has 2 aromatic rings. The lowest BCUT2D eigenvalue weighted by Gasteiger charge is -2.06. The Morgan fingerprint density at radius 3 is 2.75 bits per heavy atom. The van der Waals surface area contributed by atoms with Crippen molar-refractivity contribution in [2.75, 3.05) is 12.0 Å². The van der Waals surface area contributed by atoms with Gasteiger partial charge in [0.05, 0.1) is 0 Å². The molecule has 2 rings (SSSR count). The maximum Gasteiger partial charge on any atom is 0.219 e. The van der Waals surface area contributed by atoms with Gasteiger partial charge in [0.2, 0.25) is 5.88 Å². The van der Waals surface area contributed by atoms with Crippen LogP contribution in [0, 0.1) is 0 Å². The van der Waals surface area contributed by atoms with E-state index in [1.807, 2.05) is 49.4 Å². The first kappa shape index (κ1) is 14.0. The molecular weight excluding hydrogens is 252 g/mol. The molecule has 20 heavy (non-hydrogen) atoms. The zero-order valence-electron chi connectivity index (χ0n) is 11.4. The fourth-order valence-electron chi connectivity index (χ4n) is 1.66. The number of rotatable bonds is 6. The molecule has 5 nitrogen and oxygen atoms in total. The molecule has 1 aromatic carbocycles. The first-order valence-electron chi connectivity index (χ1n) is 6.50. The summed E-state index contributed by atoms with van der Waals surface area (Å²) < 4.78 is 5.58. The van der Waals surface area contributed by atoms with E-state index in [9.17, 15) is 0 Å². The van der Waals surface area contributed by atoms with Crippen LogP contribution >= 0.6 is 0 Å². The van der Waals surface area contributed by atoms with Crippen LogP contribution in [0.15, 0.2) is 42.5 Å². The molecule has 0 aliphatic rings. The Morgan fingerprint density at radius 2 is 2.05 bits per heavy atom. The van der Waals surface area contributed by atoms with Gasteiger partial charge in [0.1, 0.15) is 18.2 Å². The molecule has 0 aliphatic carbocycles. The van der Waals surface area contributed by atoms with Gasteiger partial charge in [-0.2, -0.15) is 4.98 Å². The lowest BCUT2D eigenvalue weighted by atomic mass is 10.2. The largest absolute Gasteiger partial charge is 0.473 e. The molecule has 0 saturated carbocycles. The number of aromatic nitrogens is 2. The molecule has 0 radical (unpaired) electrons. The van der Waals surface area contributed by atoms with Crippen LogP contribution in [0.2, 0.25) is 0 Å². The fourth-order valence-corrected chi connectivity index (χ4v) is 1.66. The fraction of sp³-hybridized carbons (Fsp3) is 0.200. The van der Waals surface area contributed by atoms with E-state index >= 15 is 0 Å². The molecule has 0 saturated heterocycles. The Labute approximate surface area is 118 Å². The van der Waals surface area contributed by atoms with Gasteiger partial charge >= 0.3 is 0 Å². The smallest absolute Gasteiger partial charge is 0.219 e. The third-order valence-electron chi connectivity index (χ3n) is 2.65. The second kappa shape index (κ2) is 7.25. The van der Waals surface area contributed by atoms with Crippen LogP contribution in [0.5, 0.6) is 5.88 Å². The summed E-state index contributed by atoms with van der Waals surface area (Å²) in [5, 5.41) is 0. The molecule has 0 unspecified atom stereocenters. The van der Waals surface area contributed by atoms with Crippen molar-refractivity contribution < 1.29 is 4.74 Å². The van der Waals surface area contributed by atoms with E-state index in [2.05, 4.69) is 15.4 Å². The van der Waals surface area contributed by atoms with E-state index in [0.29, 0.717) is 24.1 Å². The highest BCUT2D eigenvalue weighted by atomic mass is 16.5. The van der Waals surface area contributed by atoms with Gasteiger partial charge in [-0.05, 0) is 11.6 Å². The number of nitrogen functional groups attached to an aromatic ring is 1. The first-order valence-corrected chi connectivity index (χ1v) is 6.50. The molecule has 0 bridgehead atoms. The quantitative estimate of drug-likeness (QED) is 0.623. The lowest BCUT2D eigenvalue weighted by molar-refractivity contribution is 0.347. The summed E-state index contributed by atoms with van der Waals surface area (Å²) >= 11 is 0. The van der Waals surface area contributed by atoms with Crippen molar-refractivity contribution in [3.05, 3.63) is 53.9 Å². The van der Waals surface area contributed by atoms with Crippen molar-refractivity contribution >= 4 is 11.9 Å². The monoisotopic (exact) mass is 270 g/mol. The van der Waals surface area contributed by atoms with Crippen molar-refractivity contribution in [3.8, 4) is 5.88 Å². The number of anilines is 1. The van der Waals surface area contributed by atoms with Gasteiger partial charge in [-0.3, -0.25) is 0 Å². The Hall–Kier alpha value is -2.40. The van der Waals surface area contributed by atoms with E-state index in [4.69, 9.17) is 10.6 Å². The number of benzene rings is 1. The molecule has 0 aliphatic heterocycles. The number of nitrogens with two attached hydrogens (primary N) is 1. The van der Waals surface area contributed by atoms with E-state index in [1.54, 1.807) is 6.07 Å². The van der Waals surface area contributed by atoms with Crippen LogP contribution in [0.4, 0.5) is 5.82 Å². The summed E-state index contributed by atoms with van der Waals surface area (Å²) in [4.78, 5) is 8.48. The topological polar surface area (TPSA) is 73.1 Å². The summed E-state index contributed by atoms with van der Waals surface area (Å²) in [5.74, 6) is 7.13. The molecule has 0 spiro atoms. The van der Waals surface area contributed by atoms with Crippen molar-refractivity contribution in [1.82, 2.24) is 9.97 Å². The van der Waals surface area contributed by atoms with E-state index in [1.165, 1.54) is 0 Å². The lowest BCUT2D eigenvalue weighted by Crippen LogP contribution is -2.11. The summed E-state index contributed by atoms with van der Waals surface area (Å²) in [5.41, 5.74) is 3.65. The highest BCUT2D eigenvalue weighted by molar-refractivity contribution is 5.48. The molecule has 0 atom stereocenters. The predicted octanol–water partition coefficient (Wildman–Crippen LogP) is 2.42. The Morgan fingerprint density at radius 1 is 1.25 bits per heavy atom. The Balaban J connectivity index is 1.95. The van der Waals surface area contributed by atoms with E-state index in [-0.39, 0.29) is 0 Å². The summed E-state index contributed by atoms with van der Waals surface area (Å²) in [6.45, 7) is 2.42. The Bertz CT molecular complexity index is 547. The normalized spacial score (nSPS) is 10.7. The second-order valence-corrected chi connectivity index (χ2v) is 4.13. The van der Waals surface area contributed by atoms with Gasteiger partial charge in [0.25, 0.3) is 0 Å². The van der Waals surface area contributed by atoms with Crippen LogP contribution in [0.25, 0.3) is 6.08 Å². The molecule has 0 amide bonds. The van der Waals surface area contributed by atoms with Gasteiger partial charge in [-0.15, -0.1) is 0 Å². The number of nitrogens with zero attached hydrogens (tertiary/aromatic N) is 2. The van der Waals surface area contributed by atoms with Gasteiger partial charge in [0.15, 0.2) is 0 Å². The minimum absolute atomic E-state index is 0.444. The van der Waals surface area contributed by atoms with Crippen molar-refractivity contribution in [1.29, 1.82) is 0 Å². The molecule has 3 N–H and O–H groups in total. The van der Waals surface area contributed by atoms with Crippen molar-refractivity contribution in [2.45, 2.75) is 13.3 Å². The summed E-state index contributed by atoms with van der Waals surface area (Å²) in [6, 6.07) is 11.7. The van der Waals surface area contributed by atoms with Crippen molar-refractivity contribution in [2.24, 2.45) is 5.84 Å². The maximum absolute atomic E-state index is 5.58. The van der Waals surface area contributed by atoms with E-state index in [0.717, 1.165) is 12.0 Å². The SMILES string of the molecule is CCc1nc(NN)cc(OC/C=C/c2ccccc2)n1. The number of ether oxygens (including phenoxy) is 1. The minimum atomic E-state index is 0.444. The van der Waals surface area contributed by atoms with Gasteiger partial charge < -0.3 is 10.2 Å². The molecule has 5 heteroatoms.